The van der Waals surface area contributed by atoms with Crippen LogP contribution in [-0.4, -0.2) is 31.0 Å². The molecule has 1 atom stereocenters. The Kier molecular flexibility index (Phi) is 6.35. The number of anilines is 1. The number of aliphatic hydroxyl groups excluding tert-OH is 1. The van der Waals surface area contributed by atoms with Gasteiger partial charge in [0.05, 0.1) is 36.4 Å². The van der Waals surface area contributed by atoms with Crippen LogP contribution >= 0.6 is 11.6 Å². The fourth-order valence-electron chi connectivity index (χ4n) is 4.24. The first kappa shape index (κ1) is 23.4. The van der Waals surface area contributed by atoms with E-state index in [0.29, 0.717) is 17.0 Å². The Morgan fingerprint density at radius 3 is 2.26 bits per heavy atom. The van der Waals surface area contributed by atoms with Crippen molar-refractivity contribution in [1.82, 2.24) is 0 Å². The molecule has 6 nitrogen and oxygen atoms in total. The van der Waals surface area contributed by atoms with Gasteiger partial charge in [0.25, 0.3) is 11.7 Å². The van der Waals surface area contributed by atoms with E-state index in [0.717, 1.165) is 11.1 Å². The smallest absolute Gasteiger partial charge is 0.300 e. The maximum atomic E-state index is 13.4. The van der Waals surface area contributed by atoms with Crippen LogP contribution in [0.1, 0.15) is 28.3 Å². The minimum absolute atomic E-state index is 0.0448. The average molecular weight is 478 g/mol. The normalized spacial score (nSPS) is 17.2. The minimum Gasteiger partial charge on any atom is -0.507 e. The van der Waals surface area contributed by atoms with E-state index in [1.165, 1.54) is 12.0 Å². The Hall–Kier alpha value is -3.77. The van der Waals surface area contributed by atoms with Gasteiger partial charge in [0.15, 0.2) is 0 Å². The van der Waals surface area contributed by atoms with Gasteiger partial charge in [-0.1, -0.05) is 35.9 Å². The summed E-state index contributed by atoms with van der Waals surface area (Å²) in [7, 11) is 2.99. The number of benzene rings is 3. The summed E-state index contributed by atoms with van der Waals surface area (Å²) in [4.78, 5) is 28.1. The third-order valence-corrected chi connectivity index (χ3v) is 6.08. The Bertz CT molecular complexity index is 1310. The van der Waals surface area contributed by atoms with Crippen molar-refractivity contribution in [2.24, 2.45) is 0 Å². The number of Topliss-reactive ketones (excluding diaryl/α,β-unsaturated/α-hetero) is 1. The first-order valence-corrected chi connectivity index (χ1v) is 11.0. The van der Waals surface area contributed by atoms with Crippen molar-refractivity contribution in [3.63, 3.8) is 0 Å². The summed E-state index contributed by atoms with van der Waals surface area (Å²) in [5.74, 6) is -1.02. The van der Waals surface area contributed by atoms with Crippen LogP contribution in [0.3, 0.4) is 0 Å². The molecule has 0 aromatic heterocycles. The van der Waals surface area contributed by atoms with Crippen molar-refractivity contribution in [3.05, 3.63) is 93.5 Å². The van der Waals surface area contributed by atoms with E-state index in [-0.39, 0.29) is 27.7 Å². The zero-order valence-electron chi connectivity index (χ0n) is 19.3. The van der Waals surface area contributed by atoms with Crippen molar-refractivity contribution in [1.29, 1.82) is 0 Å². The van der Waals surface area contributed by atoms with Crippen molar-refractivity contribution in [3.8, 4) is 11.5 Å². The summed E-state index contributed by atoms with van der Waals surface area (Å²) in [5, 5.41) is 11.7. The highest BCUT2D eigenvalue weighted by Gasteiger charge is 2.47. The van der Waals surface area contributed by atoms with Gasteiger partial charge in [-0.15, -0.1) is 0 Å². The molecule has 1 unspecified atom stereocenters. The van der Waals surface area contributed by atoms with E-state index in [1.807, 2.05) is 32.0 Å². The van der Waals surface area contributed by atoms with Crippen molar-refractivity contribution >= 4 is 34.7 Å². The maximum Gasteiger partial charge on any atom is 0.300 e. The lowest BCUT2D eigenvalue weighted by Crippen LogP contribution is -2.29. The molecule has 3 aromatic rings. The molecule has 0 saturated carbocycles. The van der Waals surface area contributed by atoms with Gasteiger partial charge in [-0.05, 0) is 66.9 Å². The molecule has 1 aliphatic heterocycles. The predicted octanol–water partition coefficient (Wildman–Crippen LogP) is 5.60. The van der Waals surface area contributed by atoms with E-state index in [1.54, 1.807) is 49.6 Å². The number of nitrogens with zero attached hydrogens (tertiary/aromatic N) is 1. The van der Waals surface area contributed by atoms with Gasteiger partial charge in [0.2, 0.25) is 0 Å². The molecule has 1 saturated heterocycles. The molecule has 7 heteroatoms. The lowest BCUT2D eigenvalue weighted by atomic mass is 9.94. The molecular formula is C27H24ClNO5. The third-order valence-electron chi connectivity index (χ3n) is 5.80. The second-order valence-corrected chi connectivity index (χ2v) is 8.52. The fraction of sp³-hybridized carbons (Fsp3) is 0.185. The first-order chi connectivity index (χ1) is 16.3. The summed E-state index contributed by atoms with van der Waals surface area (Å²) in [6.07, 6.45) is 0. The topological polar surface area (TPSA) is 76.1 Å². The molecule has 1 fully saturated rings. The second kappa shape index (κ2) is 9.23. The van der Waals surface area contributed by atoms with Gasteiger partial charge in [-0.3, -0.25) is 14.5 Å². The van der Waals surface area contributed by atoms with Gasteiger partial charge < -0.3 is 14.6 Å². The highest BCUT2D eigenvalue weighted by molar-refractivity contribution is 6.51. The number of carbonyl (C=O) groups is 2. The number of methoxy groups -OCH3 is 2. The predicted molar refractivity (Wildman–Crippen MR) is 132 cm³/mol. The molecule has 0 radical (unpaired) electrons. The number of ether oxygens (including phenoxy) is 2. The number of rotatable bonds is 5. The van der Waals surface area contributed by atoms with E-state index in [9.17, 15) is 14.7 Å². The summed E-state index contributed by atoms with van der Waals surface area (Å²) in [5.41, 5.74) is 3.09. The molecule has 1 amide bonds. The number of aliphatic hydroxyl groups is 1. The highest BCUT2D eigenvalue weighted by Crippen LogP contribution is 2.44. The van der Waals surface area contributed by atoms with Crippen molar-refractivity contribution in [2.45, 2.75) is 19.9 Å². The van der Waals surface area contributed by atoms with E-state index in [2.05, 4.69) is 0 Å². The largest absolute Gasteiger partial charge is 0.507 e. The number of ketones is 1. The zero-order valence-corrected chi connectivity index (χ0v) is 20.0. The Labute approximate surface area is 203 Å². The maximum absolute atomic E-state index is 13.4. The number of halogens is 1. The molecule has 0 bridgehead atoms. The van der Waals surface area contributed by atoms with Crippen molar-refractivity contribution < 1.29 is 24.2 Å². The molecule has 4 rings (SSSR count). The van der Waals surface area contributed by atoms with Crippen LogP contribution < -0.4 is 14.4 Å². The summed E-state index contributed by atoms with van der Waals surface area (Å²) in [6.45, 7) is 3.72. The van der Waals surface area contributed by atoms with Gasteiger partial charge in [-0.2, -0.15) is 0 Å². The van der Waals surface area contributed by atoms with Gasteiger partial charge in [-0.25, -0.2) is 0 Å². The standard InChI is InChI=1S/C27H24ClNO5/c1-15-6-5-7-18(12-15)29-23(17-8-10-19(33-3)11-9-17)22(25(31)27(29)32)24(30)20-13-16(2)14-21(28)26(20)34-4/h5-14,23,30H,1-4H3/b24-22+. The van der Waals surface area contributed by atoms with Crippen LogP contribution in [0, 0.1) is 13.8 Å². The number of amides is 1. The first-order valence-electron chi connectivity index (χ1n) is 10.6. The molecule has 1 heterocycles. The Balaban J connectivity index is 2.00. The van der Waals surface area contributed by atoms with E-state index >= 15 is 0 Å². The molecule has 0 spiro atoms. The molecule has 34 heavy (non-hydrogen) atoms. The van der Waals surface area contributed by atoms with Crippen LogP contribution in [0.4, 0.5) is 5.69 Å². The molecule has 1 aliphatic rings. The summed E-state index contributed by atoms with van der Waals surface area (Å²) < 4.78 is 10.7. The molecule has 3 aromatic carbocycles. The lowest BCUT2D eigenvalue weighted by molar-refractivity contribution is -0.132. The zero-order chi connectivity index (χ0) is 24.6. The molecule has 0 aliphatic carbocycles. The van der Waals surface area contributed by atoms with Gasteiger partial charge >= 0.3 is 0 Å². The van der Waals surface area contributed by atoms with Crippen molar-refractivity contribution in [2.75, 3.05) is 19.1 Å². The Morgan fingerprint density at radius 1 is 0.941 bits per heavy atom. The van der Waals surface area contributed by atoms with Crippen LogP contribution in [0.2, 0.25) is 5.02 Å². The van der Waals surface area contributed by atoms with E-state index < -0.39 is 17.7 Å². The average Bonchev–Trinajstić information content (AvgIpc) is 3.08. The minimum atomic E-state index is -0.864. The number of carbonyl (C=O) groups excluding carboxylic acids is 2. The molecular weight excluding hydrogens is 454 g/mol. The number of hydrogen-bond acceptors (Lipinski definition) is 5. The van der Waals surface area contributed by atoms with Crippen LogP contribution in [0.25, 0.3) is 5.76 Å². The molecule has 1 N–H and O–H groups in total. The lowest BCUT2D eigenvalue weighted by Gasteiger charge is -2.26. The second-order valence-electron chi connectivity index (χ2n) is 8.11. The summed E-state index contributed by atoms with van der Waals surface area (Å²) in [6, 6.07) is 16.8. The van der Waals surface area contributed by atoms with E-state index in [4.69, 9.17) is 21.1 Å². The van der Waals surface area contributed by atoms with Crippen LogP contribution in [0.15, 0.2) is 66.2 Å². The summed E-state index contributed by atoms with van der Waals surface area (Å²) >= 11 is 6.34. The highest BCUT2D eigenvalue weighted by atomic mass is 35.5. The van der Waals surface area contributed by atoms with Crippen LogP contribution in [0.5, 0.6) is 11.5 Å². The van der Waals surface area contributed by atoms with Crippen LogP contribution in [-0.2, 0) is 9.59 Å². The monoisotopic (exact) mass is 477 g/mol. The van der Waals surface area contributed by atoms with Gasteiger partial charge in [0.1, 0.15) is 17.3 Å². The fourth-order valence-corrected chi connectivity index (χ4v) is 4.59. The Morgan fingerprint density at radius 2 is 1.65 bits per heavy atom. The molecule has 174 valence electrons. The quantitative estimate of drug-likeness (QED) is 0.294. The van der Waals surface area contributed by atoms with Gasteiger partial charge in [0, 0.05) is 5.69 Å². The number of hydrogen-bond donors (Lipinski definition) is 1. The SMILES string of the molecule is COc1ccc(C2/C(=C(\O)c3cc(C)cc(Cl)c3OC)C(=O)C(=O)N2c2cccc(C)c2)cc1. The number of aryl methyl sites for hydroxylation is 2. The third kappa shape index (κ3) is 4.01.